The van der Waals surface area contributed by atoms with Gasteiger partial charge >= 0.3 is 5.97 Å². The lowest BCUT2D eigenvalue weighted by Crippen LogP contribution is -2.57. The predicted octanol–water partition coefficient (Wildman–Crippen LogP) is 1.35. The molecule has 0 aromatic carbocycles. The summed E-state index contributed by atoms with van der Waals surface area (Å²) in [5, 5.41) is 9.42. The molecule has 0 amide bonds. The average Bonchev–Trinajstić information content (AvgIpc) is 2.26. The van der Waals surface area contributed by atoms with Crippen LogP contribution in [0.25, 0.3) is 0 Å². The fourth-order valence-electron chi connectivity index (χ4n) is 2.36. The van der Waals surface area contributed by atoms with Crippen molar-refractivity contribution in [1.29, 1.82) is 0 Å². The van der Waals surface area contributed by atoms with E-state index in [-0.39, 0.29) is 0 Å². The monoisotopic (exact) mass is 215 g/mol. The zero-order chi connectivity index (χ0) is 11.3. The molecule has 1 atom stereocenters. The molecule has 1 rings (SSSR count). The molecule has 1 N–H and O–H groups in total. The van der Waals surface area contributed by atoms with Crippen molar-refractivity contribution in [2.75, 3.05) is 26.3 Å². The van der Waals surface area contributed by atoms with E-state index < -0.39 is 11.5 Å². The molecule has 1 fully saturated rings. The van der Waals surface area contributed by atoms with Crippen LogP contribution in [0.4, 0.5) is 0 Å². The molecular weight excluding hydrogens is 194 g/mol. The Morgan fingerprint density at radius 1 is 1.40 bits per heavy atom. The van der Waals surface area contributed by atoms with Crippen LogP contribution in [-0.2, 0) is 9.53 Å². The highest BCUT2D eigenvalue weighted by Gasteiger charge is 2.42. The molecule has 1 unspecified atom stereocenters. The van der Waals surface area contributed by atoms with E-state index in [0.717, 1.165) is 25.9 Å². The number of hydrogen-bond donors (Lipinski definition) is 1. The van der Waals surface area contributed by atoms with Crippen LogP contribution in [0.1, 0.15) is 33.1 Å². The van der Waals surface area contributed by atoms with Gasteiger partial charge in [-0.05, 0) is 12.8 Å². The Bertz CT molecular complexity index is 214. The van der Waals surface area contributed by atoms with Crippen molar-refractivity contribution in [3.63, 3.8) is 0 Å². The summed E-state index contributed by atoms with van der Waals surface area (Å²) < 4.78 is 5.26. The van der Waals surface area contributed by atoms with Crippen LogP contribution >= 0.6 is 0 Å². The van der Waals surface area contributed by atoms with Gasteiger partial charge in [0.25, 0.3) is 0 Å². The highest BCUT2D eigenvalue weighted by atomic mass is 16.5. The van der Waals surface area contributed by atoms with Crippen LogP contribution in [0.2, 0.25) is 0 Å². The third kappa shape index (κ3) is 2.49. The first-order valence-corrected chi connectivity index (χ1v) is 5.73. The highest BCUT2D eigenvalue weighted by Crippen LogP contribution is 2.27. The van der Waals surface area contributed by atoms with Crippen LogP contribution in [0.3, 0.4) is 0 Å². The van der Waals surface area contributed by atoms with Gasteiger partial charge in [0.15, 0.2) is 0 Å². The maximum atomic E-state index is 11.5. The Morgan fingerprint density at radius 3 is 2.40 bits per heavy atom. The van der Waals surface area contributed by atoms with Crippen LogP contribution in [0, 0.1) is 0 Å². The second-order valence-corrected chi connectivity index (χ2v) is 4.04. The highest BCUT2D eigenvalue weighted by molar-refractivity contribution is 5.78. The van der Waals surface area contributed by atoms with E-state index in [1.54, 1.807) is 0 Å². The number of nitrogens with zero attached hydrogens (tertiary/aromatic N) is 1. The summed E-state index contributed by atoms with van der Waals surface area (Å²) in [5.41, 5.74) is -0.668. The van der Waals surface area contributed by atoms with E-state index in [2.05, 4.69) is 4.90 Å². The predicted molar refractivity (Wildman–Crippen MR) is 58.0 cm³/mol. The number of carboxylic acids is 1. The lowest BCUT2D eigenvalue weighted by atomic mass is 9.88. The van der Waals surface area contributed by atoms with Gasteiger partial charge in [0.1, 0.15) is 5.54 Å². The van der Waals surface area contributed by atoms with Crippen molar-refractivity contribution < 1.29 is 14.6 Å². The summed E-state index contributed by atoms with van der Waals surface area (Å²) in [7, 11) is 0. The molecule has 0 radical (unpaired) electrons. The third-order valence-electron chi connectivity index (χ3n) is 3.26. The lowest BCUT2D eigenvalue weighted by molar-refractivity contribution is -0.156. The summed E-state index contributed by atoms with van der Waals surface area (Å²) in [6, 6.07) is 0. The van der Waals surface area contributed by atoms with Crippen LogP contribution in [-0.4, -0.2) is 47.8 Å². The molecule has 1 heterocycles. The molecule has 0 aliphatic carbocycles. The normalized spacial score (nSPS) is 22.3. The summed E-state index contributed by atoms with van der Waals surface area (Å²) in [5.74, 6) is -0.686. The summed E-state index contributed by atoms with van der Waals surface area (Å²) >= 11 is 0. The van der Waals surface area contributed by atoms with Gasteiger partial charge in [-0.2, -0.15) is 0 Å². The minimum atomic E-state index is -0.686. The summed E-state index contributed by atoms with van der Waals surface area (Å²) in [6.07, 6.45) is 2.28. The van der Waals surface area contributed by atoms with E-state index in [4.69, 9.17) is 4.74 Å². The van der Waals surface area contributed by atoms with E-state index in [1.807, 2.05) is 13.8 Å². The van der Waals surface area contributed by atoms with Gasteiger partial charge in [-0.3, -0.25) is 9.69 Å². The molecule has 0 saturated carbocycles. The molecule has 15 heavy (non-hydrogen) atoms. The largest absolute Gasteiger partial charge is 0.480 e. The Kier molecular flexibility index (Phi) is 4.54. The van der Waals surface area contributed by atoms with Crippen molar-refractivity contribution in [2.45, 2.75) is 38.6 Å². The number of ether oxygens (including phenoxy) is 1. The van der Waals surface area contributed by atoms with Crippen molar-refractivity contribution in [3.05, 3.63) is 0 Å². The number of hydrogen-bond acceptors (Lipinski definition) is 3. The minimum Gasteiger partial charge on any atom is -0.480 e. The Hall–Kier alpha value is -0.610. The molecule has 0 aromatic heterocycles. The Balaban J connectivity index is 2.80. The van der Waals surface area contributed by atoms with Crippen molar-refractivity contribution in [1.82, 2.24) is 4.90 Å². The molecule has 1 aliphatic heterocycles. The molecule has 1 aliphatic rings. The number of rotatable bonds is 5. The fraction of sp³-hybridized carbons (Fsp3) is 0.909. The average molecular weight is 215 g/mol. The van der Waals surface area contributed by atoms with E-state index >= 15 is 0 Å². The zero-order valence-electron chi connectivity index (χ0n) is 9.66. The molecule has 0 bridgehead atoms. The van der Waals surface area contributed by atoms with Gasteiger partial charge in [0.05, 0.1) is 13.2 Å². The summed E-state index contributed by atoms with van der Waals surface area (Å²) in [6.45, 7) is 6.77. The number of carboxylic acid groups (broad SMARTS) is 1. The Labute approximate surface area is 91.2 Å². The van der Waals surface area contributed by atoms with E-state index in [0.29, 0.717) is 19.6 Å². The third-order valence-corrected chi connectivity index (χ3v) is 3.26. The van der Waals surface area contributed by atoms with Crippen LogP contribution in [0.5, 0.6) is 0 Å². The van der Waals surface area contributed by atoms with Gasteiger partial charge < -0.3 is 9.84 Å². The van der Waals surface area contributed by atoms with E-state index in [1.165, 1.54) is 0 Å². The second-order valence-electron chi connectivity index (χ2n) is 4.04. The maximum absolute atomic E-state index is 11.5. The molecule has 88 valence electrons. The molecule has 4 heteroatoms. The standard InChI is InChI=1S/C11H21NO3/c1-3-5-11(4-2,10(13)14)12-6-8-15-9-7-12/h3-9H2,1-2H3,(H,13,14). The van der Waals surface area contributed by atoms with Gasteiger partial charge in [-0.25, -0.2) is 0 Å². The van der Waals surface area contributed by atoms with Gasteiger partial charge in [-0.15, -0.1) is 0 Å². The maximum Gasteiger partial charge on any atom is 0.324 e. The van der Waals surface area contributed by atoms with Gasteiger partial charge in [0.2, 0.25) is 0 Å². The smallest absolute Gasteiger partial charge is 0.324 e. The van der Waals surface area contributed by atoms with Gasteiger partial charge in [-0.1, -0.05) is 20.3 Å². The fourth-order valence-corrected chi connectivity index (χ4v) is 2.36. The van der Waals surface area contributed by atoms with Crippen molar-refractivity contribution >= 4 is 5.97 Å². The SMILES string of the molecule is CCCC(CC)(C(=O)O)N1CCOCC1. The second kappa shape index (κ2) is 5.47. The molecule has 4 nitrogen and oxygen atoms in total. The van der Waals surface area contributed by atoms with E-state index in [9.17, 15) is 9.90 Å². The van der Waals surface area contributed by atoms with Crippen molar-refractivity contribution in [3.8, 4) is 0 Å². The topological polar surface area (TPSA) is 49.8 Å². The number of morpholine rings is 1. The minimum absolute atomic E-state index is 0.652. The Morgan fingerprint density at radius 2 is 2.00 bits per heavy atom. The van der Waals surface area contributed by atoms with Crippen LogP contribution < -0.4 is 0 Å². The molecule has 0 spiro atoms. The molecule has 1 saturated heterocycles. The lowest BCUT2D eigenvalue weighted by Gasteiger charge is -2.42. The summed E-state index contributed by atoms with van der Waals surface area (Å²) in [4.78, 5) is 13.5. The first-order valence-electron chi connectivity index (χ1n) is 5.73. The number of carbonyl (C=O) groups is 1. The number of aliphatic carboxylic acids is 1. The molecular formula is C11H21NO3. The van der Waals surface area contributed by atoms with Crippen molar-refractivity contribution in [2.24, 2.45) is 0 Å². The first kappa shape index (κ1) is 12.5. The van der Waals surface area contributed by atoms with Crippen LogP contribution in [0.15, 0.2) is 0 Å². The quantitative estimate of drug-likeness (QED) is 0.752. The zero-order valence-corrected chi connectivity index (χ0v) is 9.66. The van der Waals surface area contributed by atoms with Gasteiger partial charge in [0, 0.05) is 13.1 Å². The first-order chi connectivity index (χ1) is 7.17. The molecule has 0 aromatic rings.